The second-order valence-electron chi connectivity index (χ2n) is 5.74. The standard InChI is InChI=1S/C21H16ClN3O2/c1-13-18(20(26)25-17-11-7-6-10-16(17)22)19(14-8-4-3-5-9-14)15(12-23)21(24-13)27-2/h3-11H,1-2H3,(H,25,26). The van der Waals surface area contributed by atoms with E-state index >= 15 is 0 Å². The number of aromatic nitrogens is 1. The van der Waals surface area contributed by atoms with Crippen molar-refractivity contribution in [2.45, 2.75) is 6.92 Å². The van der Waals surface area contributed by atoms with E-state index in [1.54, 1.807) is 31.2 Å². The van der Waals surface area contributed by atoms with Crippen LogP contribution in [0, 0.1) is 18.3 Å². The number of amides is 1. The lowest BCUT2D eigenvalue weighted by molar-refractivity contribution is 0.102. The van der Waals surface area contributed by atoms with Gasteiger partial charge in [0.2, 0.25) is 5.88 Å². The van der Waals surface area contributed by atoms with Crippen molar-refractivity contribution in [1.29, 1.82) is 5.26 Å². The molecule has 0 aliphatic rings. The number of nitriles is 1. The molecule has 0 atom stereocenters. The molecule has 1 N–H and O–H groups in total. The zero-order chi connectivity index (χ0) is 19.4. The van der Waals surface area contributed by atoms with Crippen LogP contribution >= 0.6 is 11.6 Å². The van der Waals surface area contributed by atoms with Crippen molar-refractivity contribution < 1.29 is 9.53 Å². The minimum Gasteiger partial charge on any atom is -0.480 e. The Hall–Kier alpha value is -3.36. The number of nitrogens with zero attached hydrogens (tertiary/aromatic N) is 2. The first-order valence-corrected chi connectivity index (χ1v) is 8.54. The molecule has 5 nitrogen and oxygen atoms in total. The second kappa shape index (κ2) is 7.90. The van der Waals surface area contributed by atoms with Crippen LogP contribution < -0.4 is 10.1 Å². The number of aryl methyl sites for hydroxylation is 1. The summed E-state index contributed by atoms with van der Waals surface area (Å²) < 4.78 is 5.26. The Bertz CT molecular complexity index is 1040. The number of methoxy groups -OCH3 is 1. The summed E-state index contributed by atoms with van der Waals surface area (Å²) in [4.78, 5) is 17.4. The van der Waals surface area contributed by atoms with Crippen molar-refractivity contribution in [3.8, 4) is 23.1 Å². The van der Waals surface area contributed by atoms with Crippen LogP contribution in [0.4, 0.5) is 5.69 Å². The predicted octanol–water partition coefficient (Wildman–Crippen LogP) is 4.84. The Balaban J connectivity index is 2.21. The summed E-state index contributed by atoms with van der Waals surface area (Å²) in [6.45, 7) is 1.71. The molecule has 27 heavy (non-hydrogen) atoms. The van der Waals surface area contributed by atoms with Gasteiger partial charge in [0.05, 0.1) is 29.1 Å². The van der Waals surface area contributed by atoms with Gasteiger partial charge in [-0.3, -0.25) is 4.79 Å². The highest BCUT2D eigenvalue weighted by atomic mass is 35.5. The molecule has 6 heteroatoms. The number of benzene rings is 2. The molecule has 2 aromatic carbocycles. The molecular formula is C21H16ClN3O2. The average molecular weight is 378 g/mol. The molecule has 3 rings (SSSR count). The van der Waals surface area contributed by atoms with Gasteiger partial charge >= 0.3 is 0 Å². The Morgan fingerprint density at radius 3 is 2.44 bits per heavy atom. The van der Waals surface area contributed by atoms with Gasteiger partial charge < -0.3 is 10.1 Å². The summed E-state index contributed by atoms with van der Waals surface area (Å²) in [5.74, 6) is -0.214. The molecule has 0 bridgehead atoms. The van der Waals surface area contributed by atoms with Crippen LogP contribution in [-0.2, 0) is 0 Å². The van der Waals surface area contributed by atoms with Gasteiger partial charge in [-0.15, -0.1) is 0 Å². The Morgan fingerprint density at radius 1 is 1.15 bits per heavy atom. The molecule has 1 heterocycles. The lowest BCUT2D eigenvalue weighted by Gasteiger charge is -2.16. The number of halogens is 1. The van der Waals surface area contributed by atoms with E-state index in [0.29, 0.717) is 27.5 Å². The van der Waals surface area contributed by atoms with Crippen molar-refractivity contribution in [2.75, 3.05) is 12.4 Å². The quantitative estimate of drug-likeness (QED) is 0.705. The van der Waals surface area contributed by atoms with E-state index in [1.807, 2.05) is 30.3 Å². The molecule has 0 aliphatic carbocycles. The van der Waals surface area contributed by atoms with E-state index in [-0.39, 0.29) is 11.4 Å². The van der Waals surface area contributed by atoms with Gasteiger partial charge in [-0.2, -0.15) is 5.26 Å². The van der Waals surface area contributed by atoms with E-state index in [0.717, 1.165) is 5.56 Å². The fourth-order valence-corrected chi connectivity index (χ4v) is 3.03. The number of nitrogens with one attached hydrogen (secondary N) is 1. The number of para-hydroxylation sites is 1. The van der Waals surface area contributed by atoms with Crippen LogP contribution in [0.5, 0.6) is 5.88 Å². The number of hydrogen-bond acceptors (Lipinski definition) is 4. The fourth-order valence-electron chi connectivity index (χ4n) is 2.85. The average Bonchev–Trinajstić information content (AvgIpc) is 2.69. The van der Waals surface area contributed by atoms with Crippen molar-refractivity contribution in [3.05, 3.63) is 76.4 Å². The van der Waals surface area contributed by atoms with Crippen LogP contribution in [-0.4, -0.2) is 18.0 Å². The minimum atomic E-state index is -0.397. The van der Waals surface area contributed by atoms with E-state index in [2.05, 4.69) is 16.4 Å². The van der Waals surface area contributed by atoms with E-state index in [9.17, 15) is 10.1 Å². The number of ether oxygens (including phenoxy) is 1. The summed E-state index contributed by atoms with van der Waals surface area (Å²) >= 11 is 6.16. The molecule has 0 spiro atoms. The third-order valence-corrected chi connectivity index (χ3v) is 4.39. The molecule has 0 aliphatic heterocycles. The number of carbonyl (C=O) groups is 1. The van der Waals surface area contributed by atoms with Crippen LogP contribution in [0.3, 0.4) is 0 Å². The molecule has 134 valence electrons. The molecule has 1 amide bonds. The molecule has 3 aromatic rings. The summed E-state index contributed by atoms with van der Waals surface area (Å²) in [6.07, 6.45) is 0. The highest BCUT2D eigenvalue weighted by Crippen LogP contribution is 2.34. The van der Waals surface area contributed by atoms with Crippen LogP contribution in [0.25, 0.3) is 11.1 Å². The second-order valence-corrected chi connectivity index (χ2v) is 6.15. The predicted molar refractivity (Wildman–Crippen MR) is 105 cm³/mol. The van der Waals surface area contributed by atoms with Crippen molar-refractivity contribution in [3.63, 3.8) is 0 Å². The number of rotatable bonds is 4. The maximum absolute atomic E-state index is 13.1. The van der Waals surface area contributed by atoms with Gasteiger partial charge in [0, 0.05) is 5.56 Å². The monoisotopic (exact) mass is 377 g/mol. The Kier molecular flexibility index (Phi) is 5.39. The fraction of sp³-hybridized carbons (Fsp3) is 0.0952. The molecule has 0 fully saturated rings. The molecule has 0 radical (unpaired) electrons. The lowest BCUT2D eigenvalue weighted by atomic mass is 9.94. The Morgan fingerprint density at radius 2 is 1.81 bits per heavy atom. The SMILES string of the molecule is COc1nc(C)c(C(=O)Nc2ccccc2Cl)c(-c2ccccc2)c1C#N. The first-order valence-electron chi connectivity index (χ1n) is 8.16. The highest BCUT2D eigenvalue weighted by molar-refractivity contribution is 6.34. The molecule has 0 saturated carbocycles. The van der Waals surface area contributed by atoms with Crippen LogP contribution in [0.2, 0.25) is 5.02 Å². The number of hydrogen-bond donors (Lipinski definition) is 1. The summed E-state index contributed by atoms with van der Waals surface area (Å²) in [5, 5.41) is 12.9. The zero-order valence-electron chi connectivity index (χ0n) is 14.8. The number of anilines is 1. The molecule has 0 saturated heterocycles. The van der Waals surface area contributed by atoms with Crippen molar-refractivity contribution in [2.24, 2.45) is 0 Å². The summed E-state index contributed by atoms with van der Waals surface area (Å²) in [5.41, 5.74) is 2.65. The van der Waals surface area contributed by atoms with Gasteiger partial charge in [0.1, 0.15) is 11.6 Å². The third kappa shape index (κ3) is 3.62. The van der Waals surface area contributed by atoms with Crippen molar-refractivity contribution >= 4 is 23.2 Å². The first-order chi connectivity index (χ1) is 13.1. The van der Waals surface area contributed by atoms with E-state index < -0.39 is 5.91 Å². The van der Waals surface area contributed by atoms with Gasteiger partial charge in [-0.05, 0) is 24.6 Å². The van der Waals surface area contributed by atoms with Crippen LogP contribution in [0.1, 0.15) is 21.6 Å². The number of carbonyl (C=O) groups excluding carboxylic acids is 1. The maximum Gasteiger partial charge on any atom is 0.258 e. The topological polar surface area (TPSA) is 75.0 Å². The number of pyridine rings is 1. The third-order valence-electron chi connectivity index (χ3n) is 4.06. The highest BCUT2D eigenvalue weighted by Gasteiger charge is 2.24. The van der Waals surface area contributed by atoms with E-state index in [4.69, 9.17) is 16.3 Å². The van der Waals surface area contributed by atoms with Crippen LogP contribution in [0.15, 0.2) is 54.6 Å². The maximum atomic E-state index is 13.1. The van der Waals surface area contributed by atoms with E-state index in [1.165, 1.54) is 7.11 Å². The lowest BCUT2D eigenvalue weighted by Crippen LogP contribution is -2.17. The molecule has 1 aromatic heterocycles. The van der Waals surface area contributed by atoms with Gasteiger partial charge in [0.15, 0.2) is 0 Å². The smallest absolute Gasteiger partial charge is 0.258 e. The molecular weight excluding hydrogens is 362 g/mol. The van der Waals surface area contributed by atoms with Gasteiger partial charge in [-0.25, -0.2) is 4.98 Å². The van der Waals surface area contributed by atoms with Crippen molar-refractivity contribution in [1.82, 2.24) is 4.98 Å². The molecule has 0 unspecified atom stereocenters. The first kappa shape index (κ1) is 18.4. The zero-order valence-corrected chi connectivity index (χ0v) is 15.5. The minimum absolute atomic E-state index is 0.183. The van der Waals surface area contributed by atoms with Gasteiger partial charge in [-0.1, -0.05) is 54.1 Å². The Labute approximate surface area is 162 Å². The normalized spacial score (nSPS) is 10.1. The van der Waals surface area contributed by atoms with Gasteiger partial charge in [0.25, 0.3) is 5.91 Å². The summed E-state index contributed by atoms with van der Waals surface area (Å²) in [7, 11) is 1.45. The largest absolute Gasteiger partial charge is 0.480 e. The summed E-state index contributed by atoms with van der Waals surface area (Å²) in [6, 6.07) is 18.3.